The van der Waals surface area contributed by atoms with Crippen molar-refractivity contribution < 1.29 is 22.4 Å². The van der Waals surface area contributed by atoms with Gasteiger partial charge in [0.25, 0.3) is 0 Å². The number of nitrogens with zero attached hydrogens (tertiary/aromatic N) is 3. The van der Waals surface area contributed by atoms with Crippen LogP contribution in [0, 0.1) is 12.7 Å². The highest BCUT2D eigenvalue weighted by Gasteiger charge is 2.33. The Balaban J connectivity index is 2.47. The largest absolute Gasteiger partial charge is 0.354 e. The van der Waals surface area contributed by atoms with Gasteiger partial charge >= 0.3 is 10.2 Å². The van der Waals surface area contributed by atoms with Gasteiger partial charge < -0.3 is 10.2 Å². The van der Waals surface area contributed by atoms with Crippen LogP contribution >= 0.6 is 0 Å². The van der Waals surface area contributed by atoms with E-state index < -0.39 is 34.5 Å². The van der Waals surface area contributed by atoms with E-state index in [1.807, 2.05) is 45.0 Å². The maximum absolute atomic E-state index is 13.8. The van der Waals surface area contributed by atoms with Gasteiger partial charge in [0.2, 0.25) is 11.8 Å². The molecule has 10 heteroatoms. The van der Waals surface area contributed by atoms with Crippen LogP contribution in [0.25, 0.3) is 0 Å². The minimum Gasteiger partial charge on any atom is -0.354 e. The van der Waals surface area contributed by atoms with Crippen LogP contribution < -0.4 is 9.62 Å². The van der Waals surface area contributed by atoms with E-state index in [9.17, 15) is 22.4 Å². The lowest BCUT2D eigenvalue weighted by molar-refractivity contribution is -0.140. The topological polar surface area (TPSA) is 90.0 Å². The second-order valence-electron chi connectivity index (χ2n) is 8.79. The summed E-state index contributed by atoms with van der Waals surface area (Å²) in [4.78, 5) is 28.3. The summed E-state index contributed by atoms with van der Waals surface area (Å²) in [6, 6.07) is 11.7. The second kappa shape index (κ2) is 13.4. The number of aryl methyl sites for hydroxylation is 1. The molecule has 0 radical (unpaired) electrons. The van der Waals surface area contributed by atoms with Crippen LogP contribution in [-0.2, 0) is 26.3 Å². The third-order valence-electron chi connectivity index (χ3n) is 5.95. The third kappa shape index (κ3) is 7.51. The Bertz CT molecular complexity index is 1120. The molecule has 198 valence electrons. The number of halogens is 1. The minimum absolute atomic E-state index is 0.143. The zero-order valence-electron chi connectivity index (χ0n) is 21.7. The number of anilines is 1. The SMILES string of the molecule is CCCCNC(=O)[C@H](CC)N(Cc1ccccc1C)C(=O)CN(c1ccc(F)cc1)S(=O)(=O)N(C)C. The molecule has 0 unspecified atom stereocenters. The average Bonchev–Trinajstić information content (AvgIpc) is 2.84. The number of carbonyl (C=O) groups excluding carboxylic acids is 2. The molecule has 0 saturated heterocycles. The molecule has 0 aromatic heterocycles. The Morgan fingerprint density at radius 1 is 1.03 bits per heavy atom. The normalized spacial score (nSPS) is 12.3. The molecule has 1 N–H and O–H groups in total. The lowest BCUT2D eigenvalue weighted by Gasteiger charge is -2.34. The van der Waals surface area contributed by atoms with Crippen LogP contribution in [0.2, 0.25) is 0 Å². The summed E-state index contributed by atoms with van der Waals surface area (Å²) in [6.07, 6.45) is 2.08. The first-order valence-corrected chi connectivity index (χ1v) is 13.5. The fourth-order valence-electron chi connectivity index (χ4n) is 3.72. The van der Waals surface area contributed by atoms with Gasteiger partial charge in [-0.05, 0) is 55.2 Å². The number of benzene rings is 2. The van der Waals surface area contributed by atoms with Crippen molar-refractivity contribution in [2.45, 2.75) is 52.6 Å². The van der Waals surface area contributed by atoms with E-state index in [4.69, 9.17) is 0 Å². The summed E-state index contributed by atoms with van der Waals surface area (Å²) in [5.41, 5.74) is 1.96. The first kappa shape index (κ1) is 29.3. The standard InChI is InChI=1S/C26H37FN4O4S/c1-6-8-17-28-26(33)24(7-2)30(18-21-12-10-9-11-20(21)3)25(32)19-31(36(34,35)29(4)5)23-15-13-22(27)14-16-23/h9-16,24H,6-8,17-19H2,1-5H3,(H,28,33)/t24-/m0/s1. The lowest BCUT2D eigenvalue weighted by Crippen LogP contribution is -2.53. The predicted octanol–water partition coefficient (Wildman–Crippen LogP) is 3.47. The molecule has 1 atom stereocenters. The van der Waals surface area contributed by atoms with Crippen molar-refractivity contribution in [3.05, 3.63) is 65.5 Å². The number of hydrogen-bond acceptors (Lipinski definition) is 4. The van der Waals surface area contributed by atoms with Gasteiger partial charge in [0.05, 0.1) is 5.69 Å². The monoisotopic (exact) mass is 520 g/mol. The van der Waals surface area contributed by atoms with Crippen molar-refractivity contribution >= 4 is 27.7 Å². The summed E-state index contributed by atoms with van der Waals surface area (Å²) < 4.78 is 41.8. The number of nitrogens with one attached hydrogen (secondary N) is 1. The molecule has 0 heterocycles. The Hall–Kier alpha value is -2.98. The zero-order chi connectivity index (χ0) is 26.9. The molecular weight excluding hydrogens is 483 g/mol. The number of unbranched alkanes of at least 4 members (excludes halogenated alkanes) is 1. The van der Waals surface area contributed by atoms with E-state index in [0.29, 0.717) is 13.0 Å². The molecule has 0 aliphatic heterocycles. The molecular formula is C26H37FN4O4S. The number of rotatable bonds is 13. The summed E-state index contributed by atoms with van der Waals surface area (Å²) in [7, 11) is -1.37. The Morgan fingerprint density at radius 2 is 1.67 bits per heavy atom. The van der Waals surface area contributed by atoms with Gasteiger partial charge in [-0.1, -0.05) is 44.5 Å². The molecule has 0 spiro atoms. The lowest BCUT2D eigenvalue weighted by atomic mass is 10.1. The maximum Gasteiger partial charge on any atom is 0.304 e. The van der Waals surface area contributed by atoms with Gasteiger partial charge in [-0.2, -0.15) is 12.7 Å². The van der Waals surface area contributed by atoms with Crippen LogP contribution in [0.15, 0.2) is 48.5 Å². The van der Waals surface area contributed by atoms with Crippen molar-refractivity contribution in [2.24, 2.45) is 0 Å². The van der Waals surface area contributed by atoms with Gasteiger partial charge in [0.1, 0.15) is 18.4 Å². The van der Waals surface area contributed by atoms with Gasteiger partial charge in [-0.3, -0.25) is 9.59 Å². The highest BCUT2D eigenvalue weighted by atomic mass is 32.2. The number of amides is 2. The first-order chi connectivity index (χ1) is 17.0. The van der Waals surface area contributed by atoms with Gasteiger partial charge in [0.15, 0.2) is 0 Å². The van der Waals surface area contributed by atoms with Gasteiger partial charge in [0, 0.05) is 27.2 Å². The Labute approximate surface area is 214 Å². The van der Waals surface area contributed by atoms with Crippen LogP contribution in [0.5, 0.6) is 0 Å². The van der Waals surface area contributed by atoms with Crippen molar-refractivity contribution in [3.8, 4) is 0 Å². The average molecular weight is 521 g/mol. The third-order valence-corrected chi connectivity index (χ3v) is 7.77. The van der Waals surface area contributed by atoms with Gasteiger partial charge in [-0.25, -0.2) is 8.70 Å². The molecule has 0 aliphatic carbocycles. The van der Waals surface area contributed by atoms with E-state index in [0.717, 1.165) is 44.7 Å². The van der Waals surface area contributed by atoms with E-state index in [-0.39, 0.29) is 18.1 Å². The van der Waals surface area contributed by atoms with Crippen LogP contribution in [0.1, 0.15) is 44.2 Å². The highest BCUT2D eigenvalue weighted by Crippen LogP contribution is 2.22. The maximum atomic E-state index is 13.8. The number of hydrogen-bond donors (Lipinski definition) is 1. The van der Waals surface area contributed by atoms with E-state index >= 15 is 0 Å². The second-order valence-corrected chi connectivity index (χ2v) is 10.9. The van der Waals surface area contributed by atoms with Gasteiger partial charge in [-0.15, -0.1) is 0 Å². The van der Waals surface area contributed by atoms with Crippen LogP contribution in [-0.4, -0.2) is 62.7 Å². The van der Waals surface area contributed by atoms with Crippen molar-refractivity contribution in [2.75, 3.05) is 31.5 Å². The zero-order valence-corrected chi connectivity index (χ0v) is 22.5. The summed E-state index contributed by atoms with van der Waals surface area (Å²) >= 11 is 0. The molecule has 2 rings (SSSR count). The number of carbonyl (C=O) groups is 2. The highest BCUT2D eigenvalue weighted by molar-refractivity contribution is 7.90. The molecule has 8 nitrogen and oxygen atoms in total. The fraction of sp³-hybridized carbons (Fsp3) is 0.462. The van der Waals surface area contributed by atoms with Crippen molar-refractivity contribution in [3.63, 3.8) is 0 Å². The summed E-state index contributed by atoms with van der Waals surface area (Å²) in [6.45, 7) is 5.85. The smallest absolute Gasteiger partial charge is 0.304 e. The molecule has 2 aromatic rings. The molecule has 2 aromatic carbocycles. The molecule has 0 fully saturated rings. The van der Waals surface area contributed by atoms with Crippen molar-refractivity contribution in [1.82, 2.24) is 14.5 Å². The molecule has 0 bridgehead atoms. The van der Waals surface area contributed by atoms with Crippen LogP contribution in [0.3, 0.4) is 0 Å². The fourth-order valence-corrected chi connectivity index (χ4v) is 4.78. The first-order valence-electron chi connectivity index (χ1n) is 12.1. The van der Waals surface area contributed by atoms with Crippen molar-refractivity contribution in [1.29, 1.82) is 0 Å². The quantitative estimate of drug-likeness (QED) is 0.410. The Morgan fingerprint density at radius 3 is 2.22 bits per heavy atom. The molecule has 36 heavy (non-hydrogen) atoms. The summed E-state index contributed by atoms with van der Waals surface area (Å²) in [5, 5.41) is 2.90. The molecule has 0 aliphatic rings. The van der Waals surface area contributed by atoms with E-state index in [1.165, 1.54) is 31.1 Å². The van der Waals surface area contributed by atoms with Crippen LogP contribution in [0.4, 0.5) is 10.1 Å². The predicted molar refractivity (Wildman–Crippen MR) is 140 cm³/mol. The van der Waals surface area contributed by atoms with E-state index in [2.05, 4.69) is 5.32 Å². The molecule has 0 saturated carbocycles. The Kier molecular flexibility index (Phi) is 10.9. The van der Waals surface area contributed by atoms with E-state index in [1.54, 1.807) is 0 Å². The summed E-state index contributed by atoms with van der Waals surface area (Å²) in [5.74, 6) is -1.34. The molecule has 2 amide bonds. The minimum atomic E-state index is -4.09.